The molecule has 0 aromatic heterocycles. The quantitative estimate of drug-likeness (QED) is 0.0159. The van der Waals surface area contributed by atoms with Crippen LogP contribution in [0.1, 0.15) is 198 Å². The molecule has 0 bridgehead atoms. The van der Waals surface area contributed by atoms with Crippen LogP contribution in [0.3, 0.4) is 0 Å². The van der Waals surface area contributed by atoms with Gasteiger partial charge in [0.25, 0.3) is 0 Å². The summed E-state index contributed by atoms with van der Waals surface area (Å²) in [6, 6.07) is 6.93. The van der Waals surface area contributed by atoms with Gasteiger partial charge in [-0.1, -0.05) is 140 Å². The van der Waals surface area contributed by atoms with E-state index in [2.05, 4.69) is 27.7 Å². The molecule has 14 nitrogen and oxygen atoms in total. The fourth-order valence-electron chi connectivity index (χ4n) is 6.41. The third kappa shape index (κ3) is 29.3. The smallest absolute Gasteiger partial charge is 0.744 e. The van der Waals surface area contributed by atoms with Gasteiger partial charge >= 0.3 is 61.6 Å². The first kappa shape index (κ1) is 65.4. The summed E-state index contributed by atoms with van der Waals surface area (Å²) in [5.74, 6) is -3.85. The summed E-state index contributed by atoms with van der Waals surface area (Å²) in [7, 11) is -10.0. The standard InChI is InChI=1S/2C26H38O7S.Ca/c2*1-3-5-7-9-11-13-15-20-32-25(27)22-18-17-19-23(34(29,30)31)24(22)26(28)33-21-16-14-12-10-8-6-4-2;/h2*11-14,17-19H,3-10,15-16,20-21H2,1-2H3,(H,29,30,31);/q;;+2/p-2/b2*13-11+,14-12+;. The molecule has 0 aliphatic rings. The molecule has 2 aromatic carbocycles. The molecule has 380 valence electrons. The van der Waals surface area contributed by atoms with Crippen molar-refractivity contribution in [2.75, 3.05) is 26.4 Å². The van der Waals surface area contributed by atoms with E-state index in [0.29, 0.717) is 25.7 Å². The Morgan fingerprint density at radius 1 is 0.406 bits per heavy atom. The number of esters is 4. The van der Waals surface area contributed by atoms with Crippen molar-refractivity contribution in [3.8, 4) is 0 Å². The zero-order chi connectivity index (χ0) is 50.5. The summed E-state index contributed by atoms with van der Waals surface area (Å²) < 4.78 is 91.0. The van der Waals surface area contributed by atoms with Crippen molar-refractivity contribution in [1.29, 1.82) is 0 Å². The monoisotopic (exact) mass is 1030 g/mol. The molecule has 0 unspecified atom stereocenters. The summed E-state index contributed by atoms with van der Waals surface area (Å²) in [6.07, 6.45) is 34.8. The second kappa shape index (κ2) is 40.0. The molecule has 0 saturated heterocycles. The maximum atomic E-state index is 12.6. The van der Waals surface area contributed by atoms with Gasteiger partial charge in [0.1, 0.15) is 20.2 Å². The summed E-state index contributed by atoms with van der Waals surface area (Å²) in [5, 5.41) is 0. The van der Waals surface area contributed by atoms with Gasteiger partial charge in [-0.25, -0.2) is 36.0 Å². The topological polar surface area (TPSA) is 220 Å². The molecule has 2 rings (SSSR count). The number of rotatable bonds is 34. The molecule has 69 heavy (non-hydrogen) atoms. The van der Waals surface area contributed by atoms with E-state index in [0.717, 1.165) is 115 Å². The van der Waals surface area contributed by atoms with E-state index in [1.165, 1.54) is 24.3 Å². The Morgan fingerprint density at radius 3 is 0.899 bits per heavy atom. The van der Waals surface area contributed by atoms with Crippen LogP contribution in [0.15, 0.2) is 94.8 Å². The zero-order valence-electron chi connectivity index (χ0n) is 41.3. The van der Waals surface area contributed by atoms with Gasteiger partial charge in [-0.2, -0.15) is 0 Å². The number of carbonyl (C=O) groups excluding carboxylic acids is 4. The number of carbonyl (C=O) groups is 4. The Balaban J connectivity index is 0.00000132. The molecule has 2 aromatic rings. The third-order valence-electron chi connectivity index (χ3n) is 10.1. The van der Waals surface area contributed by atoms with Crippen molar-refractivity contribution in [3.63, 3.8) is 0 Å². The first-order valence-corrected chi connectivity index (χ1v) is 26.9. The maximum Gasteiger partial charge on any atom is 2.00 e. The van der Waals surface area contributed by atoms with Crippen LogP contribution >= 0.6 is 0 Å². The average molecular weight is 1030 g/mol. The van der Waals surface area contributed by atoms with E-state index in [1.54, 1.807) is 0 Å². The van der Waals surface area contributed by atoms with Gasteiger partial charge in [0.15, 0.2) is 0 Å². The largest absolute Gasteiger partial charge is 2.00 e. The Bertz CT molecular complexity index is 1990. The van der Waals surface area contributed by atoms with Crippen LogP contribution in [0.4, 0.5) is 0 Å². The number of hydrogen-bond acceptors (Lipinski definition) is 14. The van der Waals surface area contributed by atoms with Crippen molar-refractivity contribution in [3.05, 3.63) is 107 Å². The number of ether oxygens (including phenoxy) is 4. The first-order chi connectivity index (χ1) is 32.6. The minimum atomic E-state index is -5.01. The molecule has 17 heteroatoms. The number of benzene rings is 2. The fourth-order valence-corrected chi connectivity index (χ4v) is 7.79. The second-order valence-electron chi connectivity index (χ2n) is 15.8. The predicted octanol–water partition coefficient (Wildman–Crippen LogP) is 11.5. The molecule has 0 radical (unpaired) electrons. The van der Waals surface area contributed by atoms with E-state index >= 15 is 0 Å². The maximum absolute atomic E-state index is 12.6. The molecule has 0 heterocycles. The van der Waals surface area contributed by atoms with E-state index in [1.807, 2.05) is 48.6 Å². The molecule has 0 aliphatic carbocycles. The van der Waals surface area contributed by atoms with E-state index in [4.69, 9.17) is 18.9 Å². The molecular weight excluding hydrogens is 953 g/mol. The summed E-state index contributed by atoms with van der Waals surface area (Å²) in [5.41, 5.74) is -1.76. The summed E-state index contributed by atoms with van der Waals surface area (Å²) >= 11 is 0. The van der Waals surface area contributed by atoms with Crippen LogP contribution in [0, 0.1) is 0 Å². The van der Waals surface area contributed by atoms with E-state index in [9.17, 15) is 45.1 Å². The van der Waals surface area contributed by atoms with Crippen LogP contribution < -0.4 is 0 Å². The number of unbranched alkanes of at least 4 members (excludes halogenated alkanes) is 12. The Hall–Kier alpha value is -3.64. The third-order valence-corrected chi connectivity index (χ3v) is 11.8. The molecule has 0 saturated carbocycles. The van der Waals surface area contributed by atoms with Gasteiger partial charge in [0, 0.05) is 0 Å². The van der Waals surface area contributed by atoms with Crippen molar-refractivity contribution < 1.29 is 64.1 Å². The van der Waals surface area contributed by atoms with Crippen LogP contribution in [-0.2, 0) is 39.2 Å². The predicted molar refractivity (Wildman–Crippen MR) is 267 cm³/mol. The normalized spacial score (nSPS) is 11.7. The van der Waals surface area contributed by atoms with Crippen molar-refractivity contribution in [2.45, 2.75) is 166 Å². The molecule has 0 fully saturated rings. The minimum absolute atomic E-state index is 0. The Morgan fingerprint density at radius 2 is 0.652 bits per heavy atom. The summed E-state index contributed by atoms with van der Waals surface area (Å²) in [6.45, 7) is 8.63. The molecule has 0 amide bonds. The van der Waals surface area contributed by atoms with Crippen LogP contribution in [0.5, 0.6) is 0 Å². The van der Waals surface area contributed by atoms with Crippen LogP contribution in [0.2, 0.25) is 0 Å². The fraction of sp³-hybridized carbons (Fsp3) is 0.538. The molecule has 0 N–H and O–H groups in total. The molecule has 0 aliphatic heterocycles. The van der Waals surface area contributed by atoms with Gasteiger partial charge in [-0.3, -0.25) is 0 Å². The van der Waals surface area contributed by atoms with Gasteiger partial charge in [-0.05, 0) is 101 Å². The van der Waals surface area contributed by atoms with Crippen LogP contribution in [-0.4, -0.2) is 114 Å². The van der Waals surface area contributed by atoms with Gasteiger partial charge in [0.2, 0.25) is 0 Å². The SMILES string of the molecule is CCCCC/C=C/CCOC(=O)c1cccc(S(=O)(=O)[O-])c1C(=O)OCC/C=C/CCCCC.CCCCC/C=C/CCOC(=O)c1cccc(S(=O)(=O)[O-])c1C(=O)OCC/C=C/CCCCC.[Ca+2]. The molecule has 0 atom stereocenters. The van der Waals surface area contributed by atoms with Crippen molar-refractivity contribution in [2.24, 2.45) is 0 Å². The van der Waals surface area contributed by atoms with Gasteiger partial charge in [-0.15, -0.1) is 0 Å². The second-order valence-corrected chi connectivity index (χ2v) is 18.5. The van der Waals surface area contributed by atoms with Crippen molar-refractivity contribution >= 4 is 81.9 Å². The minimum Gasteiger partial charge on any atom is -0.744 e. The summed E-state index contributed by atoms with van der Waals surface area (Å²) in [4.78, 5) is 48.8. The van der Waals surface area contributed by atoms with Crippen LogP contribution in [0.25, 0.3) is 0 Å². The molecular formula is C52H74CaO14S2. The van der Waals surface area contributed by atoms with Crippen molar-refractivity contribution in [1.82, 2.24) is 0 Å². The van der Waals surface area contributed by atoms with Gasteiger partial charge in [0.05, 0.1) is 58.5 Å². The number of hydrogen-bond donors (Lipinski definition) is 0. The van der Waals surface area contributed by atoms with E-state index in [-0.39, 0.29) is 75.3 Å². The van der Waals surface area contributed by atoms with Gasteiger partial charge < -0.3 is 28.1 Å². The zero-order valence-corrected chi connectivity index (χ0v) is 45.1. The number of allylic oxidation sites excluding steroid dienone is 4. The average Bonchev–Trinajstić information content (AvgIpc) is 3.31. The Labute approximate surface area is 442 Å². The van der Waals surface area contributed by atoms with E-state index < -0.39 is 65.0 Å². The first-order valence-electron chi connectivity index (χ1n) is 24.1. The Kier molecular flexibility index (Phi) is 37.9. The molecule has 0 spiro atoms.